The fourth-order valence-electron chi connectivity index (χ4n) is 4.01. The van der Waals surface area contributed by atoms with Gasteiger partial charge in [-0.25, -0.2) is 0 Å². The van der Waals surface area contributed by atoms with Crippen molar-refractivity contribution in [3.63, 3.8) is 0 Å². The molecule has 0 bridgehead atoms. The number of hydrogen-bond donors (Lipinski definition) is 1. The van der Waals surface area contributed by atoms with Crippen molar-refractivity contribution < 1.29 is 19.4 Å². The van der Waals surface area contributed by atoms with Gasteiger partial charge in [0.1, 0.15) is 11.5 Å². The molecule has 2 aromatic heterocycles. The number of rotatable bonds is 7. The summed E-state index contributed by atoms with van der Waals surface area (Å²) in [4.78, 5) is 29.1. The van der Waals surface area contributed by atoms with Crippen molar-refractivity contribution in [3.05, 3.63) is 107 Å². The van der Waals surface area contributed by atoms with Gasteiger partial charge in [-0.2, -0.15) is 0 Å². The Bertz CT molecular complexity index is 1900. The SMILES string of the molecule is BrB(Br)Br.CC(=O)c1cc2c(Sc3ccc(O)cc3)cccc2s1.COc1ccc(Sc2cccc3sc(C(C)=O)cc23)cc1. The van der Waals surface area contributed by atoms with Crippen molar-refractivity contribution in [2.75, 3.05) is 7.11 Å². The average Bonchev–Trinajstić information content (AvgIpc) is 3.65. The molecule has 1 N–H and O–H groups in total. The van der Waals surface area contributed by atoms with Gasteiger partial charge in [0.05, 0.1) is 16.9 Å². The first-order valence-electron chi connectivity index (χ1n) is 13.3. The van der Waals surface area contributed by atoms with E-state index in [0.29, 0.717) is 0 Å². The molecule has 230 valence electrons. The minimum atomic E-state index is 0.104. The highest BCUT2D eigenvalue weighted by Crippen LogP contribution is 2.39. The third kappa shape index (κ3) is 10.5. The van der Waals surface area contributed by atoms with Crippen molar-refractivity contribution in [1.29, 1.82) is 0 Å². The smallest absolute Gasteiger partial charge is 0.369 e. The maximum absolute atomic E-state index is 11.5. The predicted octanol–water partition coefficient (Wildman–Crippen LogP) is 12.4. The molecular weight excluding hydrogens is 839 g/mol. The van der Waals surface area contributed by atoms with Gasteiger partial charge in [0.2, 0.25) is 0 Å². The van der Waals surface area contributed by atoms with Gasteiger partial charge < -0.3 is 9.84 Å². The molecule has 12 heteroatoms. The first-order chi connectivity index (χ1) is 21.5. The number of ketones is 2. The van der Waals surface area contributed by atoms with E-state index in [-0.39, 0.29) is 20.5 Å². The quantitative estimate of drug-likeness (QED) is 0.127. The van der Waals surface area contributed by atoms with Crippen LogP contribution in [0.3, 0.4) is 0 Å². The highest BCUT2D eigenvalue weighted by Gasteiger charge is 2.11. The number of phenols is 1. The minimum Gasteiger partial charge on any atom is -0.508 e. The maximum atomic E-state index is 11.5. The summed E-state index contributed by atoms with van der Waals surface area (Å²) in [6.45, 7) is 3.21. The zero-order chi connectivity index (χ0) is 32.5. The summed E-state index contributed by atoms with van der Waals surface area (Å²) in [5.41, 5.74) is 0. The van der Waals surface area contributed by atoms with E-state index >= 15 is 0 Å². The van der Waals surface area contributed by atoms with Gasteiger partial charge in [0, 0.05) is 39.8 Å². The summed E-state index contributed by atoms with van der Waals surface area (Å²) in [6, 6.07) is 31.4. The van der Waals surface area contributed by atoms with Crippen LogP contribution in [0.4, 0.5) is 0 Å². The topological polar surface area (TPSA) is 63.6 Å². The number of Topliss-reactive ketones (excluding diaryl/α,β-unsaturated/α-hetero) is 2. The van der Waals surface area contributed by atoms with Crippen molar-refractivity contribution in [3.8, 4) is 11.5 Å². The lowest BCUT2D eigenvalue weighted by molar-refractivity contribution is 0.101. The Kier molecular flexibility index (Phi) is 13.7. The zero-order valence-electron chi connectivity index (χ0n) is 24.3. The Morgan fingerprint density at radius 2 is 1.09 bits per heavy atom. The number of phenolic OH excluding ortho intramolecular Hbond substituents is 1. The Hall–Kier alpha value is -2.06. The highest BCUT2D eigenvalue weighted by molar-refractivity contribution is 9.69. The molecule has 2 heterocycles. The first-order valence-corrected chi connectivity index (χ1v) is 19.3. The van der Waals surface area contributed by atoms with Gasteiger partial charge in [-0.15, -0.1) is 69.9 Å². The lowest BCUT2D eigenvalue weighted by Crippen LogP contribution is -1.83. The fourth-order valence-corrected chi connectivity index (χ4v) is 8.00. The standard InChI is InChI=1S/C17H14O2S2.C16H12O2S2.BBr3/c1-11(18)17-10-14-15(4-3-5-16(14)21-17)20-13-8-6-12(19-2)7-9-13;1-10(17)16-9-13-14(3-2-4-15(13)20-16)19-12-7-5-11(18)6-8-12;2-1(3)4/h3-10H,1-2H3;2-9,18H,1H3;. The van der Waals surface area contributed by atoms with Crippen LogP contribution in [0.1, 0.15) is 33.2 Å². The summed E-state index contributed by atoms with van der Waals surface area (Å²) in [5.74, 6) is 1.34. The second-order valence-corrected chi connectivity index (χ2v) is 20.1. The normalized spacial score (nSPS) is 10.4. The summed E-state index contributed by atoms with van der Waals surface area (Å²) in [6.07, 6.45) is 0. The lowest BCUT2D eigenvalue weighted by atomic mass is 10.2. The number of aromatic hydroxyl groups is 1. The molecule has 0 fully saturated rings. The van der Waals surface area contributed by atoms with E-state index in [2.05, 4.69) is 65.5 Å². The van der Waals surface area contributed by atoms with Crippen LogP contribution in [0.2, 0.25) is 0 Å². The van der Waals surface area contributed by atoms with Crippen LogP contribution < -0.4 is 4.74 Å². The van der Waals surface area contributed by atoms with Gasteiger partial charge in [0.25, 0.3) is 0 Å². The molecule has 0 spiro atoms. The largest absolute Gasteiger partial charge is 0.508 e. The molecule has 0 amide bonds. The zero-order valence-corrected chi connectivity index (χ0v) is 32.3. The number of thiophene rings is 2. The number of hydrogen-bond acceptors (Lipinski definition) is 8. The van der Waals surface area contributed by atoms with Crippen LogP contribution in [0.15, 0.2) is 117 Å². The molecule has 6 aromatic rings. The maximum Gasteiger partial charge on any atom is 0.369 e. The van der Waals surface area contributed by atoms with E-state index in [1.54, 1.807) is 68.0 Å². The summed E-state index contributed by atoms with van der Waals surface area (Å²) in [7, 11) is 1.66. The second kappa shape index (κ2) is 17.2. The number of halogens is 3. The average molecular weight is 865 g/mol. The lowest BCUT2D eigenvalue weighted by Gasteiger charge is -2.04. The number of benzene rings is 4. The molecule has 0 unspecified atom stereocenters. The Morgan fingerprint density at radius 1 is 0.689 bits per heavy atom. The van der Waals surface area contributed by atoms with E-state index in [0.717, 1.165) is 50.4 Å². The first kappa shape index (κ1) is 35.8. The monoisotopic (exact) mass is 862 g/mol. The van der Waals surface area contributed by atoms with Crippen LogP contribution in [0.5, 0.6) is 11.5 Å². The van der Waals surface area contributed by atoms with E-state index < -0.39 is 0 Å². The summed E-state index contributed by atoms with van der Waals surface area (Å²) in [5, 5.41) is 11.6. The third-order valence-electron chi connectivity index (χ3n) is 6.09. The number of carbonyl (C=O) groups excluding carboxylic acids is 2. The number of ether oxygens (including phenoxy) is 1. The highest BCUT2D eigenvalue weighted by atomic mass is 79.9. The number of carbonyl (C=O) groups is 2. The molecule has 0 saturated carbocycles. The van der Waals surface area contributed by atoms with Crippen LogP contribution in [-0.2, 0) is 0 Å². The molecule has 0 aliphatic rings. The van der Waals surface area contributed by atoms with Crippen molar-refractivity contribution in [2.24, 2.45) is 0 Å². The molecule has 0 radical (unpaired) electrons. The van der Waals surface area contributed by atoms with Crippen molar-refractivity contribution in [2.45, 2.75) is 33.4 Å². The number of methoxy groups -OCH3 is 1. The fraction of sp³-hybridized carbons (Fsp3) is 0.0909. The second-order valence-electron chi connectivity index (χ2n) is 9.29. The molecule has 4 aromatic carbocycles. The van der Waals surface area contributed by atoms with Gasteiger partial charge >= 0.3 is 3.18 Å². The van der Waals surface area contributed by atoms with Crippen LogP contribution in [-0.4, -0.2) is 27.0 Å². The molecule has 0 aliphatic heterocycles. The summed E-state index contributed by atoms with van der Waals surface area (Å²) >= 11 is 15.7. The molecule has 6 rings (SSSR count). The van der Waals surface area contributed by atoms with E-state index in [1.807, 2.05) is 66.7 Å². The molecule has 0 atom stereocenters. The Balaban J connectivity index is 0.000000184. The van der Waals surface area contributed by atoms with E-state index in [1.165, 1.54) is 16.2 Å². The minimum absolute atomic E-state index is 0.104. The van der Waals surface area contributed by atoms with E-state index in [9.17, 15) is 14.7 Å². The predicted molar refractivity (Wildman–Crippen MR) is 206 cm³/mol. The van der Waals surface area contributed by atoms with Crippen LogP contribution in [0, 0.1) is 0 Å². The van der Waals surface area contributed by atoms with Gasteiger partial charge in [-0.05, 0) is 98.8 Å². The van der Waals surface area contributed by atoms with Gasteiger partial charge in [-0.1, -0.05) is 35.7 Å². The Labute approximate surface area is 304 Å². The Morgan fingerprint density at radius 3 is 1.47 bits per heavy atom. The summed E-state index contributed by atoms with van der Waals surface area (Å²) < 4.78 is 7.72. The van der Waals surface area contributed by atoms with Crippen molar-refractivity contribution in [1.82, 2.24) is 0 Å². The molecule has 45 heavy (non-hydrogen) atoms. The van der Waals surface area contributed by atoms with Crippen LogP contribution in [0.25, 0.3) is 20.2 Å². The molecule has 0 aliphatic carbocycles. The molecule has 4 nitrogen and oxygen atoms in total. The molecule has 0 saturated heterocycles. The van der Waals surface area contributed by atoms with E-state index in [4.69, 9.17) is 4.74 Å². The van der Waals surface area contributed by atoms with Crippen molar-refractivity contribution >= 4 is 128 Å². The van der Waals surface area contributed by atoms with Gasteiger partial charge in [-0.3, -0.25) is 9.59 Å². The van der Waals surface area contributed by atoms with Gasteiger partial charge in [0.15, 0.2) is 11.6 Å². The van der Waals surface area contributed by atoms with Crippen LogP contribution >= 0.6 is 93.5 Å². The molecular formula is C33H26BBr3O4S4. The number of fused-ring (bicyclic) bond motifs is 2. The third-order valence-corrected chi connectivity index (χ3v) is 10.7.